The minimum absolute atomic E-state index is 0.128. The van der Waals surface area contributed by atoms with E-state index in [9.17, 15) is 4.79 Å². The van der Waals surface area contributed by atoms with Gasteiger partial charge in [-0.2, -0.15) is 0 Å². The SMILES string of the molecule is COc1ccc(C)cc1NCCC(=O)N(C)CCc1ccncc1. The molecule has 2 aromatic rings. The zero-order valence-corrected chi connectivity index (χ0v) is 14.6. The Morgan fingerprint density at radius 2 is 2.00 bits per heavy atom. The Bertz CT molecular complexity index is 659. The van der Waals surface area contributed by atoms with Crippen LogP contribution in [-0.2, 0) is 11.2 Å². The summed E-state index contributed by atoms with van der Waals surface area (Å²) < 4.78 is 5.33. The van der Waals surface area contributed by atoms with Crippen LogP contribution in [0.1, 0.15) is 17.5 Å². The Balaban J connectivity index is 1.77. The largest absolute Gasteiger partial charge is 0.495 e. The van der Waals surface area contributed by atoms with Gasteiger partial charge in [0.25, 0.3) is 0 Å². The maximum atomic E-state index is 12.2. The van der Waals surface area contributed by atoms with Gasteiger partial charge in [-0.25, -0.2) is 0 Å². The smallest absolute Gasteiger partial charge is 0.224 e. The summed E-state index contributed by atoms with van der Waals surface area (Å²) >= 11 is 0. The molecule has 0 aliphatic rings. The molecular weight excluding hydrogens is 302 g/mol. The topological polar surface area (TPSA) is 54.5 Å². The van der Waals surface area contributed by atoms with Crippen molar-refractivity contribution in [2.75, 3.05) is 32.6 Å². The molecule has 2 rings (SSSR count). The van der Waals surface area contributed by atoms with Crippen LogP contribution in [0.15, 0.2) is 42.7 Å². The van der Waals surface area contributed by atoms with Crippen molar-refractivity contribution < 1.29 is 9.53 Å². The number of ether oxygens (including phenoxy) is 1. The second-order valence-corrected chi connectivity index (χ2v) is 5.80. The highest BCUT2D eigenvalue weighted by atomic mass is 16.5. The van der Waals surface area contributed by atoms with Gasteiger partial charge < -0.3 is 15.0 Å². The summed E-state index contributed by atoms with van der Waals surface area (Å²) in [5.41, 5.74) is 3.26. The molecular formula is C19H25N3O2. The number of rotatable bonds is 8. The zero-order valence-electron chi connectivity index (χ0n) is 14.6. The van der Waals surface area contributed by atoms with Gasteiger partial charge in [-0.05, 0) is 48.7 Å². The van der Waals surface area contributed by atoms with Crippen molar-refractivity contribution in [3.8, 4) is 5.75 Å². The van der Waals surface area contributed by atoms with Gasteiger partial charge in [0.2, 0.25) is 5.91 Å². The highest BCUT2D eigenvalue weighted by molar-refractivity contribution is 5.76. The van der Waals surface area contributed by atoms with E-state index >= 15 is 0 Å². The third kappa shape index (κ3) is 5.26. The van der Waals surface area contributed by atoms with Gasteiger partial charge in [0.1, 0.15) is 5.75 Å². The van der Waals surface area contributed by atoms with Crippen LogP contribution in [-0.4, -0.2) is 43.0 Å². The maximum Gasteiger partial charge on any atom is 0.224 e. The Hall–Kier alpha value is -2.56. The number of pyridine rings is 1. The molecule has 1 amide bonds. The first kappa shape index (κ1) is 17.8. The van der Waals surface area contributed by atoms with Gasteiger partial charge in [0.05, 0.1) is 12.8 Å². The maximum absolute atomic E-state index is 12.2. The van der Waals surface area contributed by atoms with E-state index in [1.165, 1.54) is 5.56 Å². The number of likely N-dealkylation sites (N-methyl/N-ethyl adjacent to an activating group) is 1. The highest BCUT2D eigenvalue weighted by Gasteiger charge is 2.09. The lowest BCUT2D eigenvalue weighted by molar-refractivity contribution is -0.129. The van der Waals surface area contributed by atoms with E-state index in [-0.39, 0.29) is 5.91 Å². The monoisotopic (exact) mass is 327 g/mol. The van der Waals surface area contributed by atoms with Gasteiger partial charge in [-0.3, -0.25) is 9.78 Å². The van der Waals surface area contributed by atoms with Crippen LogP contribution >= 0.6 is 0 Å². The molecule has 0 aliphatic heterocycles. The second kappa shape index (κ2) is 8.91. The number of aryl methyl sites for hydroxylation is 1. The van der Waals surface area contributed by atoms with Gasteiger partial charge in [-0.1, -0.05) is 6.07 Å². The predicted molar refractivity (Wildman–Crippen MR) is 96.4 cm³/mol. The number of hydrogen-bond acceptors (Lipinski definition) is 4. The Morgan fingerprint density at radius 1 is 1.25 bits per heavy atom. The average Bonchev–Trinajstić information content (AvgIpc) is 2.60. The van der Waals surface area contributed by atoms with Crippen molar-refractivity contribution in [1.82, 2.24) is 9.88 Å². The lowest BCUT2D eigenvalue weighted by atomic mass is 10.2. The summed E-state index contributed by atoms with van der Waals surface area (Å²) in [6.45, 7) is 3.32. The fraction of sp³-hybridized carbons (Fsp3) is 0.368. The van der Waals surface area contributed by atoms with E-state index < -0.39 is 0 Å². The number of nitrogens with one attached hydrogen (secondary N) is 1. The second-order valence-electron chi connectivity index (χ2n) is 5.80. The van der Waals surface area contributed by atoms with E-state index in [0.29, 0.717) is 19.5 Å². The summed E-state index contributed by atoms with van der Waals surface area (Å²) in [5, 5.41) is 3.28. The number of carbonyl (C=O) groups is 1. The Morgan fingerprint density at radius 3 is 2.71 bits per heavy atom. The molecule has 0 aliphatic carbocycles. The number of amides is 1. The van der Waals surface area contributed by atoms with E-state index in [1.807, 2.05) is 44.3 Å². The van der Waals surface area contributed by atoms with Crippen LogP contribution in [0.25, 0.3) is 0 Å². The summed E-state index contributed by atoms with van der Waals surface area (Å²) in [6.07, 6.45) is 4.83. The summed E-state index contributed by atoms with van der Waals surface area (Å²) in [4.78, 5) is 18.0. The molecule has 24 heavy (non-hydrogen) atoms. The molecule has 0 radical (unpaired) electrons. The molecule has 0 unspecified atom stereocenters. The molecule has 0 saturated carbocycles. The summed E-state index contributed by atoms with van der Waals surface area (Å²) in [5.74, 6) is 0.919. The summed E-state index contributed by atoms with van der Waals surface area (Å²) in [6, 6.07) is 9.91. The first-order valence-corrected chi connectivity index (χ1v) is 8.11. The lowest BCUT2D eigenvalue weighted by Gasteiger charge is -2.18. The molecule has 5 nitrogen and oxygen atoms in total. The van der Waals surface area contributed by atoms with Crippen LogP contribution in [0, 0.1) is 6.92 Å². The van der Waals surface area contributed by atoms with Crippen molar-refractivity contribution >= 4 is 11.6 Å². The molecule has 128 valence electrons. The fourth-order valence-electron chi connectivity index (χ4n) is 2.43. The number of methoxy groups -OCH3 is 1. The minimum Gasteiger partial charge on any atom is -0.495 e. The number of benzene rings is 1. The molecule has 1 aromatic heterocycles. The molecule has 0 bridgehead atoms. The molecule has 1 N–H and O–H groups in total. The van der Waals surface area contributed by atoms with Gasteiger partial charge >= 0.3 is 0 Å². The van der Waals surface area contributed by atoms with Gasteiger partial charge in [0.15, 0.2) is 0 Å². The van der Waals surface area contributed by atoms with Crippen LogP contribution in [0.5, 0.6) is 5.75 Å². The predicted octanol–water partition coefficient (Wildman–Crippen LogP) is 2.90. The number of hydrogen-bond donors (Lipinski definition) is 1. The molecule has 0 saturated heterocycles. The molecule has 0 fully saturated rings. The van der Waals surface area contributed by atoms with Crippen molar-refractivity contribution in [2.24, 2.45) is 0 Å². The third-order valence-electron chi connectivity index (χ3n) is 3.92. The van der Waals surface area contributed by atoms with Crippen LogP contribution < -0.4 is 10.1 Å². The van der Waals surface area contributed by atoms with Crippen molar-refractivity contribution in [3.63, 3.8) is 0 Å². The minimum atomic E-state index is 0.128. The van der Waals surface area contributed by atoms with Crippen molar-refractivity contribution in [2.45, 2.75) is 19.8 Å². The lowest BCUT2D eigenvalue weighted by Crippen LogP contribution is -2.30. The van der Waals surface area contributed by atoms with E-state index in [1.54, 1.807) is 24.4 Å². The van der Waals surface area contributed by atoms with E-state index in [2.05, 4.69) is 10.3 Å². The van der Waals surface area contributed by atoms with Crippen molar-refractivity contribution in [3.05, 3.63) is 53.9 Å². The molecule has 0 atom stereocenters. The van der Waals surface area contributed by atoms with Gasteiger partial charge in [0, 0.05) is 39.0 Å². The number of aromatic nitrogens is 1. The normalized spacial score (nSPS) is 10.3. The Kier molecular flexibility index (Phi) is 6.61. The molecule has 0 spiro atoms. The highest BCUT2D eigenvalue weighted by Crippen LogP contribution is 2.24. The first-order valence-electron chi connectivity index (χ1n) is 8.11. The van der Waals surface area contributed by atoms with E-state index in [4.69, 9.17) is 4.74 Å². The third-order valence-corrected chi connectivity index (χ3v) is 3.92. The first-order chi connectivity index (χ1) is 11.6. The quantitative estimate of drug-likeness (QED) is 0.810. The van der Waals surface area contributed by atoms with Crippen molar-refractivity contribution in [1.29, 1.82) is 0 Å². The molecule has 1 heterocycles. The van der Waals surface area contributed by atoms with E-state index in [0.717, 1.165) is 23.4 Å². The number of anilines is 1. The molecule has 1 aromatic carbocycles. The number of carbonyl (C=O) groups excluding carboxylic acids is 1. The average molecular weight is 327 g/mol. The van der Waals surface area contributed by atoms with Crippen LogP contribution in [0.3, 0.4) is 0 Å². The standard InChI is InChI=1S/C19H25N3O2/c1-15-4-5-18(24-3)17(14-15)21-12-8-19(23)22(2)13-9-16-6-10-20-11-7-16/h4-7,10-11,14,21H,8-9,12-13H2,1-3H3. The zero-order chi connectivity index (χ0) is 17.4. The Labute approximate surface area is 143 Å². The number of nitrogens with zero attached hydrogens (tertiary/aromatic N) is 2. The summed E-state index contributed by atoms with van der Waals surface area (Å²) in [7, 11) is 3.49. The van der Waals surface area contributed by atoms with Crippen LogP contribution in [0.4, 0.5) is 5.69 Å². The van der Waals surface area contributed by atoms with Gasteiger partial charge in [-0.15, -0.1) is 0 Å². The molecule has 5 heteroatoms. The van der Waals surface area contributed by atoms with Crippen LogP contribution in [0.2, 0.25) is 0 Å². The fourth-order valence-corrected chi connectivity index (χ4v) is 2.43.